The Bertz CT molecular complexity index is 769. The number of aliphatic hydroxyl groups is 1. The minimum atomic E-state index is -0.742. The standard InChI is InChI=1S/C18H17N3O2/c22-17(14-7-3-1-4-8-14)12-20-18(23)16-11-19-13-21(16)15-9-5-2-6-10-15/h1-11,13,17,22H,12H2,(H,20,23)/t17-/m1/s1. The van der Waals surface area contributed by atoms with Crippen molar-refractivity contribution < 1.29 is 9.90 Å². The molecule has 1 amide bonds. The van der Waals surface area contributed by atoms with Gasteiger partial charge in [-0.3, -0.25) is 9.36 Å². The zero-order chi connectivity index (χ0) is 16.1. The number of aromatic nitrogens is 2. The largest absolute Gasteiger partial charge is 0.387 e. The van der Waals surface area contributed by atoms with Crippen LogP contribution in [0.2, 0.25) is 0 Å². The van der Waals surface area contributed by atoms with Crippen LogP contribution in [-0.2, 0) is 0 Å². The van der Waals surface area contributed by atoms with Crippen molar-refractivity contribution in [3.8, 4) is 5.69 Å². The molecule has 5 heteroatoms. The average Bonchev–Trinajstić information content (AvgIpc) is 3.11. The fourth-order valence-electron chi connectivity index (χ4n) is 2.33. The molecule has 1 heterocycles. The van der Waals surface area contributed by atoms with Crippen LogP contribution >= 0.6 is 0 Å². The molecule has 0 saturated carbocycles. The first kappa shape index (κ1) is 15.0. The Hall–Kier alpha value is -2.92. The minimum Gasteiger partial charge on any atom is -0.387 e. The van der Waals surface area contributed by atoms with E-state index in [0.29, 0.717) is 5.69 Å². The van der Waals surface area contributed by atoms with E-state index < -0.39 is 6.10 Å². The third-order valence-electron chi connectivity index (χ3n) is 3.55. The molecule has 2 aromatic carbocycles. The van der Waals surface area contributed by atoms with Crippen molar-refractivity contribution in [1.82, 2.24) is 14.9 Å². The first-order valence-electron chi connectivity index (χ1n) is 7.34. The van der Waals surface area contributed by atoms with Gasteiger partial charge in [-0.2, -0.15) is 0 Å². The molecule has 2 N–H and O–H groups in total. The number of hydrogen-bond donors (Lipinski definition) is 2. The van der Waals surface area contributed by atoms with E-state index in [4.69, 9.17) is 0 Å². The number of nitrogens with one attached hydrogen (secondary N) is 1. The van der Waals surface area contributed by atoms with Crippen molar-refractivity contribution >= 4 is 5.91 Å². The van der Waals surface area contributed by atoms with Crippen molar-refractivity contribution in [1.29, 1.82) is 0 Å². The lowest BCUT2D eigenvalue weighted by molar-refractivity contribution is 0.0909. The molecule has 0 aliphatic rings. The van der Waals surface area contributed by atoms with Crippen molar-refractivity contribution in [2.24, 2.45) is 0 Å². The Kier molecular flexibility index (Phi) is 4.49. The number of para-hydroxylation sites is 1. The van der Waals surface area contributed by atoms with Crippen LogP contribution in [0.1, 0.15) is 22.2 Å². The molecule has 0 unspecified atom stereocenters. The topological polar surface area (TPSA) is 67.2 Å². The number of nitrogens with zero attached hydrogens (tertiary/aromatic N) is 2. The van der Waals surface area contributed by atoms with Gasteiger partial charge in [-0.25, -0.2) is 4.98 Å². The molecule has 1 atom stereocenters. The van der Waals surface area contributed by atoms with Crippen molar-refractivity contribution in [2.45, 2.75) is 6.10 Å². The first-order valence-corrected chi connectivity index (χ1v) is 7.34. The maximum atomic E-state index is 12.4. The number of imidazole rings is 1. The van der Waals surface area contributed by atoms with Crippen LogP contribution in [0.5, 0.6) is 0 Å². The number of rotatable bonds is 5. The van der Waals surface area contributed by atoms with Crippen LogP contribution in [0, 0.1) is 0 Å². The number of amides is 1. The molecule has 1 aromatic heterocycles. The Morgan fingerprint density at radius 3 is 2.43 bits per heavy atom. The Labute approximate surface area is 134 Å². The molecule has 116 valence electrons. The van der Waals surface area contributed by atoms with Crippen LogP contribution in [0.3, 0.4) is 0 Å². The van der Waals surface area contributed by atoms with Crippen molar-refractivity contribution in [2.75, 3.05) is 6.54 Å². The summed E-state index contributed by atoms with van der Waals surface area (Å²) in [6.07, 6.45) is 2.36. The summed E-state index contributed by atoms with van der Waals surface area (Å²) in [5.74, 6) is -0.277. The highest BCUT2D eigenvalue weighted by molar-refractivity contribution is 5.93. The van der Waals surface area contributed by atoms with E-state index in [1.165, 1.54) is 6.20 Å². The minimum absolute atomic E-state index is 0.142. The fraction of sp³-hybridized carbons (Fsp3) is 0.111. The molecule has 3 aromatic rings. The highest BCUT2D eigenvalue weighted by Gasteiger charge is 2.15. The molecular formula is C18H17N3O2. The smallest absolute Gasteiger partial charge is 0.270 e. The summed E-state index contributed by atoms with van der Waals surface area (Å²) < 4.78 is 1.71. The fourth-order valence-corrected chi connectivity index (χ4v) is 2.33. The number of hydrogen-bond acceptors (Lipinski definition) is 3. The van der Waals surface area contributed by atoms with Gasteiger partial charge >= 0.3 is 0 Å². The van der Waals surface area contributed by atoms with Gasteiger partial charge < -0.3 is 10.4 Å². The van der Waals surface area contributed by atoms with Gasteiger partial charge in [-0.15, -0.1) is 0 Å². The molecule has 0 saturated heterocycles. The lowest BCUT2D eigenvalue weighted by Gasteiger charge is -2.13. The molecule has 0 radical (unpaired) electrons. The van der Waals surface area contributed by atoms with E-state index in [1.54, 1.807) is 10.9 Å². The van der Waals surface area contributed by atoms with E-state index in [9.17, 15) is 9.90 Å². The summed E-state index contributed by atoms with van der Waals surface area (Å²) in [4.78, 5) is 16.4. The van der Waals surface area contributed by atoms with Gasteiger partial charge in [0, 0.05) is 12.2 Å². The highest BCUT2D eigenvalue weighted by Crippen LogP contribution is 2.13. The number of carbonyl (C=O) groups is 1. The van der Waals surface area contributed by atoms with E-state index in [-0.39, 0.29) is 12.5 Å². The number of carbonyl (C=O) groups excluding carboxylic acids is 1. The normalized spacial score (nSPS) is 11.9. The summed E-state index contributed by atoms with van der Waals surface area (Å²) in [6, 6.07) is 18.7. The van der Waals surface area contributed by atoms with Crippen LogP contribution in [-0.4, -0.2) is 27.1 Å². The Morgan fingerprint density at radius 2 is 1.74 bits per heavy atom. The van der Waals surface area contributed by atoms with Gasteiger partial charge in [0.1, 0.15) is 5.69 Å². The maximum absolute atomic E-state index is 12.4. The predicted molar refractivity (Wildman–Crippen MR) is 87.3 cm³/mol. The molecule has 3 rings (SSSR count). The number of aliphatic hydroxyl groups excluding tert-OH is 1. The maximum Gasteiger partial charge on any atom is 0.270 e. The van der Waals surface area contributed by atoms with E-state index >= 15 is 0 Å². The number of benzene rings is 2. The summed E-state index contributed by atoms with van der Waals surface area (Å²) >= 11 is 0. The monoisotopic (exact) mass is 307 g/mol. The summed E-state index contributed by atoms with van der Waals surface area (Å²) in [6.45, 7) is 0.142. The lowest BCUT2D eigenvalue weighted by atomic mass is 10.1. The van der Waals surface area contributed by atoms with Crippen LogP contribution in [0.25, 0.3) is 5.69 Å². The van der Waals surface area contributed by atoms with Crippen LogP contribution in [0.4, 0.5) is 0 Å². The molecule has 0 aliphatic heterocycles. The van der Waals surface area contributed by atoms with Gasteiger partial charge in [0.2, 0.25) is 0 Å². The van der Waals surface area contributed by atoms with Gasteiger partial charge in [0.15, 0.2) is 0 Å². The van der Waals surface area contributed by atoms with Gasteiger partial charge in [0.05, 0.1) is 18.6 Å². The SMILES string of the molecule is O=C(NC[C@@H](O)c1ccccc1)c1cncn1-c1ccccc1. The second-order valence-electron chi connectivity index (χ2n) is 5.12. The molecule has 0 bridgehead atoms. The lowest BCUT2D eigenvalue weighted by Crippen LogP contribution is -2.29. The second kappa shape index (κ2) is 6.89. The summed E-state index contributed by atoms with van der Waals surface area (Å²) in [7, 11) is 0. The summed E-state index contributed by atoms with van der Waals surface area (Å²) in [5, 5.41) is 12.9. The predicted octanol–water partition coefficient (Wildman–Crippen LogP) is 2.34. The molecule has 5 nitrogen and oxygen atoms in total. The zero-order valence-electron chi connectivity index (χ0n) is 12.5. The highest BCUT2D eigenvalue weighted by atomic mass is 16.3. The molecular weight excluding hydrogens is 290 g/mol. The first-order chi connectivity index (χ1) is 11.3. The van der Waals surface area contributed by atoms with Crippen molar-refractivity contribution in [3.05, 3.63) is 84.4 Å². The summed E-state index contributed by atoms with van der Waals surface area (Å²) in [5.41, 5.74) is 2.06. The average molecular weight is 307 g/mol. The second-order valence-corrected chi connectivity index (χ2v) is 5.12. The van der Waals surface area contributed by atoms with Gasteiger partial charge in [-0.1, -0.05) is 48.5 Å². The Balaban J connectivity index is 1.69. The van der Waals surface area contributed by atoms with Gasteiger partial charge in [-0.05, 0) is 17.7 Å². The van der Waals surface area contributed by atoms with Crippen molar-refractivity contribution in [3.63, 3.8) is 0 Å². The van der Waals surface area contributed by atoms with Gasteiger partial charge in [0.25, 0.3) is 5.91 Å². The molecule has 23 heavy (non-hydrogen) atoms. The zero-order valence-corrected chi connectivity index (χ0v) is 12.5. The quantitative estimate of drug-likeness (QED) is 0.760. The Morgan fingerprint density at radius 1 is 1.09 bits per heavy atom. The molecule has 0 spiro atoms. The third kappa shape index (κ3) is 3.46. The van der Waals surface area contributed by atoms with Crippen LogP contribution < -0.4 is 5.32 Å². The molecule has 0 aliphatic carbocycles. The molecule has 0 fully saturated rings. The van der Waals surface area contributed by atoms with E-state index in [1.807, 2.05) is 60.7 Å². The third-order valence-corrected chi connectivity index (χ3v) is 3.55. The van der Waals surface area contributed by atoms with Crippen LogP contribution in [0.15, 0.2) is 73.2 Å². The van der Waals surface area contributed by atoms with E-state index in [2.05, 4.69) is 10.3 Å². The van der Waals surface area contributed by atoms with E-state index in [0.717, 1.165) is 11.3 Å².